The van der Waals surface area contributed by atoms with Crippen molar-refractivity contribution in [1.29, 1.82) is 0 Å². The molecule has 0 saturated carbocycles. The number of aromatic nitrogens is 2. The van der Waals surface area contributed by atoms with Gasteiger partial charge in [-0.25, -0.2) is 9.97 Å². The average molecular weight is 248 g/mol. The fourth-order valence-electron chi connectivity index (χ4n) is 1.84. The molecule has 0 aliphatic carbocycles. The summed E-state index contributed by atoms with van der Waals surface area (Å²) in [7, 11) is 0. The quantitative estimate of drug-likeness (QED) is 0.886. The molecule has 0 amide bonds. The maximum atomic E-state index is 5.98. The number of anilines is 1. The number of halogens is 1. The molecule has 2 N–H and O–H groups in total. The molecule has 3 nitrogen and oxygen atoms in total. The normalized spacial score (nSPS) is 10.5. The first-order valence-electron chi connectivity index (χ1n) is 5.50. The molecule has 0 unspecified atom stereocenters. The molecule has 2 rings (SSSR count). The Morgan fingerprint density at radius 3 is 2.41 bits per heavy atom. The van der Waals surface area contributed by atoms with Crippen LogP contribution in [-0.4, -0.2) is 9.97 Å². The van der Waals surface area contributed by atoms with Crippen LogP contribution in [0.15, 0.2) is 24.3 Å². The summed E-state index contributed by atoms with van der Waals surface area (Å²) in [5.74, 6) is 1.23. The van der Waals surface area contributed by atoms with Gasteiger partial charge in [0.05, 0.1) is 5.69 Å². The highest BCUT2D eigenvalue weighted by Gasteiger charge is 2.11. The Bertz CT molecular complexity index is 535. The van der Waals surface area contributed by atoms with Crippen molar-refractivity contribution in [3.8, 4) is 11.1 Å². The van der Waals surface area contributed by atoms with Crippen LogP contribution in [0.3, 0.4) is 0 Å². The van der Waals surface area contributed by atoms with Crippen molar-refractivity contribution in [1.82, 2.24) is 9.97 Å². The van der Waals surface area contributed by atoms with Crippen molar-refractivity contribution < 1.29 is 0 Å². The second kappa shape index (κ2) is 4.72. The van der Waals surface area contributed by atoms with E-state index >= 15 is 0 Å². The second-order valence-corrected chi connectivity index (χ2v) is 4.27. The third-order valence-corrected chi connectivity index (χ3v) is 2.84. The Labute approximate surface area is 106 Å². The highest BCUT2D eigenvalue weighted by atomic mass is 35.5. The van der Waals surface area contributed by atoms with Crippen LogP contribution >= 0.6 is 11.6 Å². The fraction of sp³-hybridized carbons (Fsp3) is 0.231. The molecule has 0 aliphatic rings. The maximum absolute atomic E-state index is 5.98. The minimum absolute atomic E-state index is 0.525. The van der Waals surface area contributed by atoms with Crippen molar-refractivity contribution in [3.05, 3.63) is 40.8 Å². The number of rotatable bonds is 2. The van der Waals surface area contributed by atoms with Gasteiger partial charge in [0, 0.05) is 10.6 Å². The molecule has 1 aromatic carbocycles. The molecule has 0 fully saturated rings. The number of nitrogens with zero attached hydrogens (tertiary/aromatic N) is 2. The van der Waals surface area contributed by atoms with Crippen LogP contribution in [0.25, 0.3) is 11.1 Å². The first-order valence-corrected chi connectivity index (χ1v) is 5.88. The number of hydrogen-bond acceptors (Lipinski definition) is 3. The fourth-order valence-corrected chi connectivity index (χ4v) is 1.97. The van der Waals surface area contributed by atoms with Gasteiger partial charge in [-0.1, -0.05) is 30.7 Å². The number of aryl methyl sites for hydroxylation is 2. The molecular formula is C13H14ClN3. The third kappa shape index (κ3) is 2.39. The van der Waals surface area contributed by atoms with E-state index in [1.807, 2.05) is 31.2 Å². The first kappa shape index (κ1) is 11.9. The molecular weight excluding hydrogens is 234 g/mol. The standard InChI is InChI=1S/C13H14ClN3/c1-3-11-12(13(15)17-8(2)16-11)9-4-6-10(14)7-5-9/h4-7H,3H2,1-2H3,(H2,15,16,17). The van der Waals surface area contributed by atoms with Crippen LogP contribution in [0.4, 0.5) is 5.82 Å². The van der Waals surface area contributed by atoms with Gasteiger partial charge in [0.1, 0.15) is 11.6 Å². The van der Waals surface area contributed by atoms with Crippen LogP contribution in [0.2, 0.25) is 5.02 Å². The van der Waals surface area contributed by atoms with E-state index in [2.05, 4.69) is 16.9 Å². The average Bonchev–Trinajstić information content (AvgIpc) is 2.30. The Balaban J connectivity index is 2.61. The van der Waals surface area contributed by atoms with Gasteiger partial charge in [-0.15, -0.1) is 0 Å². The molecule has 0 aliphatic heterocycles. The zero-order valence-electron chi connectivity index (χ0n) is 9.87. The lowest BCUT2D eigenvalue weighted by molar-refractivity contribution is 0.959. The van der Waals surface area contributed by atoms with Gasteiger partial charge >= 0.3 is 0 Å². The minimum atomic E-state index is 0.525. The summed E-state index contributed by atoms with van der Waals surface area (Å²) < 4.78 is 0. The third-order valence-electron chi connectivity index (χ3n) is 2.59. The molecule has 0 atom stereocenters. The molecule has 88 valence electrons. The van der Waals surface area contributed by atoms with E-state index in [4.69, 9.17) is 17.3 Å². The largest absolute Gasteiger partial charge is 0.383 e. The van der Waals surface area contributed by atoms with Crippen LogP contribution < -0.4 is 5.73 Å². The lowest BCUT2D eigenvalue weighted by Crippen LogP contribution is -2.04. The lowest BCUT2D eigenvalue weighted by Gasteiger charge is -2.11. The summed E-state index contributed by atoms with van der Waals surface area (Å²) in [5.41, 5.74) is 8.87. The summed E-state index contributed by atoms with van der Waals surface area (Å²) in [5, 5.41) is 0.707. The zero-order chi connectivity index (χ0) is 12.4. The maximum Gasteiger partial charge on any atom is 0.135 e. The number of hydrogen-bond donors (Lipinski definition) is 1. The zero-order valence-corrected chi connectivity index (χ0v) is 10.6. The molecule has 17 heavy (non-hydrogen) atoms. The van der Waals surface area contributed by atoms with E-state index in [-0.39, 0.29) is 0 Å². The van der Waals surface area contributed by atoms with Crippen molar-refractivity contribution in [3.63, 3.8) is 0 Å². The van der Waals surface area contributed by atoms with Gasteiger partial charge in [0.15, 0.2) is 0 Å². The summed E-state index contributed by atoms with van der Waals surface area (Å²) in [6.07, 6.45) is 0.825. The van der Waals surface area contributed by atoms with E-state index < -0.39 is 0 Å². The van der Waals surface area contributed by atoms with Crippen molar-refractivity contribution in [2.45, 2.75) is 20.3 Å². The Morgan fingerprint density at radius 2 is 1.82 bits per heavy atom. The van der Waals surface area contributed by atoms with E-state index in [9.17, 15) is 0 Å². The van der Waals surface area contributed by atoms with Crippen molar-refractivity contribution in [2.75, 3.05) is 5.73 Å². The number of nitrogens with two attached hydrogens (primary N) is 1. The van der Waals surface area contributed by atoms with Crippen molar-refractivity contribution >= 4 is 17.4 Å². The Morgan fingerprint density at radius 1 is 1.18 bits per heavy atom. The van der Waals surface area contributed by atoms with Gasteiger partial charge < -0.3 is 5.73 Å². The predicted octanol–water partition coefficient (Wildman–Crippen LogP) is 3.25. The summed E-state index contributed by atoms with van der Waals surface area (Å²) in [6, 6.07) is 7.56. The van der Waals surface area contributed by atoms with Crippen LogP contribution in [0.1, 0.15) is 18.4 Å². The molecule has 0 radical (unpaired) electrons. The Hall–Kier alpha value is -1.61. The minimum Gasteiger partial charge on any atom is -0.383 e. The highest BCUT2D eigenvalue weighted by Crippen LogP contribution is 2.28. The molecule has 1 aromatic heterocycles. The van der Waals surface area contributed by atoms with Crippen LogP contribution in [0, 0.1) is 6.92 Å². The molecule has 4 heteroatoms. The molecule has 1 heterocycles. The first-order chi connectivity index (χ1) is 8.11. The van der Waals surface area contributed by atoms with Gasteiger partial charge in [-0.3, -0.25) is 0 Å². The smallest absolute Gasteiger partial charge is 0.135 e. The van der Waals surface area contributed by atoms with E-state index in [1.54, 1.807) is 0 Å². The van der Waals surface area contributed by atoms with Crippen LogP contribution in [-0.2, 0) is 6.42 Å². The van der Waals surface area contributed by atoms with Crippen molar-refractivity contribution in [2.24, 2.45) is 0 Å². The van der Waals surface area contributed by atoms with Gasteiger partial charge in [-0.05, 0) is 31.0 Å². The monoisotopic (exact) mass is 247 g/mol. The van der Waals surface area contributed by atoms with Gasteiger partial charge in [-0.2, -0.15) is 0 Å². The molecule has 2 aromatic rings. The van der Waals surface area contributed by atoms with Gasteiger partial charge in [0.2, 0.25) is 0 Å². The number of nitrogen functional groups attached to an aromatic ring is 1. The van der Waals surface area contributed by atoms with E-state index in [1.165, 1.54) is 0 Å². The van der Waals surface area contributed by atoms with E-state index in [0.717, 1.165) is 23.2 Å². The predicted molar refractivity (Wildman–Crippen MR) is 71.0 cm³/mol. The van der Waals surface area contributed by atoms with Crippen LogP contribution in [0.5, 0.6) is 0 Å². The van der Waals surface area contributed by atoms with Gasteiger partial charge in [0.25, 0.3) is 0 Å². The lowest BCUT2D eigenvalue weighted by atomic mass is 10.0. The SMILES string of the molecule is CCc1nc(C)nc(N)c1-c1ccc(Cl)cc1. The summed E-state index contributed by atoms with van der Waals surface area (Å²) in [4.78, 5) is 8.64. The highest BCUT2D eigenvalue weighted by molar-refractivity contribution is 6.30. The molecule has 0 spiro atoms. The molecule has 0 bridgehead atoms. The van der Waals surface area contributed by atoms with E-state index in [0.29, 0.717) is 16.7 Å². The Kier molecular flexibility index (Phi) is 3.29. The summed E-state index contributed by atoms with van der Waals surface area (Å²) in [6.45, 7) is 3.90. The summed E-state index contributed by atoms with van der Waals surface area (Å²) >= 11 is 5.88. The number of benzene rings is 1. The second-order valence-electron chi connectivity index (χ2n) is 3.84. The topological polar surface area (TPSA) is 51.8 Å². The molecule has 0 saturated heterocycles.